The van der Waals surface area contributed by atoms with Gasteiger partial charge in [-0.15, -0.1) is 0 Å². The fraction of sp³-hybridized carbons (Fsp3) is 0.308. The quantitative estimate of drug-likeness (QED) is 0.759. The highest BCUT2D eigenvalue weighted by Crippen LogP contribution is 2.23. The molecule has 0 saturated heterocycles. The number of rotatable bonds is 6. The van der Waals surface area contributed by atoms with Crippen molar-refractivity contribution in [1.29, 1.82) is 0 Å². The SMILES string of the molecule is CCNCc1n[nH]c(C)c1S(=O)(=O)Nc1cccc(Cl)c1. The van der Waals surface area contributed by atoms with Gasteiger partial charge in [-0.2, -0.15) is 5.10 Å². The van der Waals surface area contributed by atoms with E-state index in [1.165, 1.54) is 0 Å². The average molecular weight is 329 g/mol. The number of nitrogens with one attached hydrogen (secondary N) is 3. The minimum atomic E-state index is -3.72. The molecule has 1 heterocycles. The molecule has 0 bridgehead atoms. The number of anilines is 1. The van der Waals surface area contributed by atoms with E-state index in [-0.39, 0.29) is 4.90 Å². The fourth-order valence-electron chi connectivity index (χ4n) is 1.95. The van der Waals surface area contributed by atoms with Crippen molar-refractivity contribution in [1.82, 2.24) is 15.5 Å². The molecule has 3 N–H and O–H groups in total. The van der Waals surface area contributed by atoms with Crippen molar-refractivity contribution in [3.05, 3.63) is 40.7 Å². The number of aromatic nitrogens is 2. The van der Waals surface area contributed by atoms with Crippen LogP contribution in [0.25, 0.3) is 0 Å². The van der Waals surface area contributed by atoms with Gasteiger partial charge in [-0.05, 0) is 31.7 Å². The van der Waals surface area contributed by atoms with E-state index in [1.54, 1.807) is 31.2 Å². The van der Waals surface area contributed by atoms with Gasteiger partial charge in [0.05, 0.1) is 17.1 Å². The van der Waals surface area contributed by atoms with Crippen molar-refractivity contribution in [2.24, 2.45) is 0 Å². The molecular formula is C13H17ClN4O2S. The fourth-order valence-corrected chi connectivity index (χ4v) is 3.55. The molecular weight excluding hydrogens is 312 g/mol. The highest BCUT2D eigenvalue weighted by atomic mass is 35.5. The number of halogens is 1. The molecule has 0 amide bonds. The molecule has 0 unspecified atom stereocenters. The summed E-state index contributed by atoms with van der Waals surface area (Å²) in [6.45, 7) is 4.73. The molecule has 1 aromatic carbocycles. The predicted octanol–water partition coefficient (Wildman–Crippen LogP) is 2.28. The molecule has 2 aromatic rings. The Bertz CT molecular complexity index is 728. The summed E-state index contributed by atoms with van der Waals surface area (Å²) < 4.78 is 27.6. The predicted molar refractivity (Wildman–Crippen MR) is 83.0 cm³/mol. The van der Waals surface area contributed by atoms with Crippen molar-refractivity contribution < 1.29 is 8.42 Å². The summed E-state index contributed by atoms with van der Waals surface area (Å²) in [6.07, 6.45) is 0. The van der Waals surface area contributed by atoms with E-state index in [2.05, 4.69) is 20.2 Å². The van der Waals surface area contributed by atoms with Crippen LogP contribution in [0.4, 0.5) is 5.69 Å². The van der Waals surface area contributed by atoms with Gasteiger partial charge in [0.15, 0.2) is 0 Å². The molecule has 0 aliphatic rings. The Balaban J connectivity index is 2.33. The standard InChI is InChI=1S/C13H17ClN4O2S/c1-3-15-8-12-13(9(2)16-17-12)21(19,20)18-11-6-4-5-10(14)7-11/h4-7,15,18H,3,8H2,1-2H3,(H,16,17). The van der Waals surface area contributed by atoms with E-state index in [9.17, 15) is 8.42 Å². The number of H-pyrrole nitrogens is 1. The lowest BCUT2D eigenvalue weighted by Gasteiger charge is -2.09. The van der Waals surface area contributed by atoms with Gasteiger partial charge >= 0.3 is 0 Å². The summed E-state index contributed by atoms with van der Waals surface area (Å²) >= 11 is 5.87. The summed E-state index contributed by atoms with van der Waals surface area (Å²) in [5.74, 6) is 0. The van der Waals surface area contributed by atoms with Crippen LogP contribution in [0.3, 0.4) is 0 Å². The highest BCUT2D eigenvalue weighted by Gasteiger charge is 2.24. The summed E-state index contributed by atoms with van der Waals surface area (Å²) in [5.41, 5.74) is 1.37. The van der Waals surface area contributed by atoms with Gasteiger partial charge in [0.1, 0.15) is 4.90 Å². The first-order valence-electron chi connectivity index (χ1n) is 6.47. The van der Waals surface area contributed by atoms with E-state index in [1.807, 2.05) is 6.92 Å². The third-order valence-corrected chi connectivity index (χ3v) is 4.67. The van der Waals surface area contributed by atoms with Gasteiger partial charge in [-0.1, -0.05) is 24.6 Å². The van der Waals surface area contributed by atoms with Crippen LogP contribution in [-0.4, -0.2) is 25.2 Å². The molecule has 0 aliphatic heterocycles. The molecule has 2 rings (SSSR count). The van der Waals surface area contributed by atoms with Crippen molar-refractivity contribution in [3.63, 3.8) is 0 Å². The number of hydrogen-bond acceptors (Lipinski definition) is 4. The van der Waals surface area contributed by atoms with Crippen molar-refractivity contribution in [2.45, 2.75) is 25.3 Å². The van der Waals surface area contributed by atoms with E-state index in [0.29, 0.717) is 28.6 Å². The normalized spacial score (nSPS) is 11.6. The Morgan fingerprint density at radius 2 is 2.14 bits per heavy atom. The van der Waals surface area contributed by atoms with Crippen LogP contribution in [0.2, 0.25) is 5.02 Å². The first-order valence-corrected chi connectivity index (χ1v) is 8.33. The molecule has 0 saturated carbocycles. The maximum Gasteiger partial charge on any atom is 0.265 e. The zero-order valence-electron chi connectivity index (χ0n) is 11.8. The first kappa shape index (κ1) is 15.8. The average Bonchev–Trinajstić information content (AvgIpc) is 2.77. The minimum absolute atomic E-state index is 0.170. The van der Waals surface area contributed by atoms with Crippen LogP contribution in [-0.2, 0) is 16.6 Å². The second-order valence-electron chi connectivity index (χ2n) is 4.52. The molecule has 0 fully saturated rings. The van der Waals surface area contributed by atoms with Crippen LogP contribution in [0.5, 0.6) is 0 Å². The molecule has 0 spiro atoms. The van der Waals surface area contributed by atoms with Gasteiger partial charge in [0.25, 0.3) is 10.0 Å². The number of hydrogen-bond donors (Lipinski definition) is 3. The Morgan fingerprint density at radius 1 is 1.38 bits per heavy atom. The molecule has 114 valence electrons. The Hall–Kier alpha value is -1.57. The van der Waals surface area contributed by atoms with Crippen LogP contribution in [0.15, 0.2) is 29.2 Å². The molecule has 21 heavy (non-hydrogen) atoms. The van der Waals surface area contributed by atoms with Crippen LogP contribution >= 0.6 is 11.6 Å². The second-order valence-corrected chi connectivity index (χ2v) is 6.58. The van der Waals surface area contributed by atoms with Crippen LogP contribution in [0.1, 0.15) is 18.3 Å². The Morgan fingerprint density at radius 3 is 2.81 bits per heavy atom. The highest BCUT2D eigenvalue weighted by molar-refractivity contribution is 7.92. The molecule has 0 aliphatic carbocycles. The van der Waals surface area contributed by atoms with E-state index in [0.717, 1.165) is 6.54 Å². The smallest absolute Gasteiger partial charge is 0.265 e. The molecule has 1 aromatic heterocycles. The Kier molecular flexibility index (Phi) is 4.87. The summed E-state index contributed by atoms with van der Waals surface area (Å²) in [5, 5.41) is 10.3. The van der Waals surface area contributed by atoms with Crippen molar-refractivity contribution >= 4 is 27.3 Å². The van der Waals surface area contributed by atoms with Gasteiger partial charge < -0.3 is 5.32 Å². The molecule has 8 heteroatoms. The van der Waals surface area contributed by atoms with Crippen LogP contribution in [0, 0.1) is 6.92 Å². The van der Waals surface area contributed by atoms with Crippen LogP contribution < -0.4 is 10.0 Å². The molecule has 0 atom stereocenters. The minimum Gasteiger partial charge on any atom is -0.311 e. The Labute approximate surface area is 129 Å². The summed E-state index contributed by atoms with van der Waals surface area (Å²) in [6, 6.07) is 6.56. The number of sulfonamides is 1. The maximum absolute atomic E-state index is 12.5. The third kappa shape index (κ3) is 3.75. The largest absolute Gasteiger partial charge is 0.311 e. The lowest BCUT2D eigenvalue weighted by molar-refractivity contribution is 0.597. The summed E-state index contributed by atoms with van der Waals surface area (Å²) in [4.78, 5) is 0.170. The van der Waals surface area contributed by atoms with Gasteiger partial charge in [0.2, 0.25) is 0 Å². The van der Waals surface area contributed by atoms with Gasteiger partial charge in [-0.25, -0.2) is 8.42 Å². The van der Waals surface area contributed by atoms with E-state index < -0.39 is 10.0 Å². The first-order chi connectivity index (χ1) is 9.94. The maximum atomic E-state index is 12.5. The van der Waals surface area contributed by atoms with E-state index >= 15 is 0 Å². The zero-order chi connectivity index (χ0) is 15.5. The lowest BCUT2D eigenvalue weighted by atomic mass is 10.3. The monoisotopic (exact) mass is 328 g/mol. The summed E-state index contributed by atoms with van der Waals surface area (Å²) in [7, 11) is -3.72. The number of benzene rings is 1. The van der Waals surface area contributed by atoms with Gasteiger partial charge in [-0.3, -0.25) is 9.82 Å². The third-order valence-electron chi connectivity index (χ3n) is 2.85. The van der Waals surface area contributed by atoms with Crippen molar-refractivity contribution in [2.75, 3.05) is 11.3 Å². The lowest BCUT2D eigenvalue weighted by Crippen LogP contribution is -2.19. The molecule has 0 radical (unpaired) electrons. The number of nitrogens with zero attached hydrogens (tertiary/aromatic N) is 1. The second kappa shape index (κ2) is 6.46. The molecule has 6 nitrogen and oxygen atoms in total. The number of aryl methyl sites for hydroxylation is 1. The van der Waals surface area contributed by atoms with Gasteiger partial charge in [0, 0.05) is 11.6 Å². The van der Waals surface area contributed by atoms with Crippen molar-refractivity contribution in [3.8, 4) is 0 Å². The van der Waals surface area contributed by atoms with E-state index in [4.69, 9.17) is 11.6 Å². The topological polar surface area (TPSA) is 86.9 Å². The zero-order valence-corrected chi connectivity index (χ0v) is 13.3. The number of aromatic amines is 1.